The van der Waals surface area contributed by atoms with Crippen molar-refractivity contribution < 1.29 is 25.2 Å². The average Bonchev–Trinajstić information content (AvgIpc) is 2.30. The van der Waals surface area contributed by atoms with Crippen LogP contribution in [-0.4, -0.2) is 60.6 Å². The monoisotopic (exact) mass is 228 g/mol. The van der Waals surface area contributed by atoms with E-state index in [-0.39, 0.29) is 13.2 Å². The van der Waals surface area contributed by atoms with Crippen LogP contribution in [-0.2, 0) is 4.74 Å². The molecule has 4 N–H and O–H groups in total. The van der Waals surface area contributed by atoms with Gasteiger partial charge in [0.2, 0.25) is 0 Å². The van der Waals surface area contributed by atoms with Gasteiger partial charge in [-0.15, -0.1) is 0 Å². The van der Waals surface area contributed by atoms with Gasteiger partial charge in [-0.25, -0.2) is 0 Å². The van der Waals surface area contributed by atoms with Crippen molar-refractivity contribution in [1.82, 2.24) is 0 Å². The Hall–Kier alpha value is -0.200. The molecule has 0 aromatic carbocycles. The maximum Gasteiger partial charge on any atom is 0.0697 e. The Morgan fingerprint density at radius 2 is 1.20 bits per heavy atom. The Bertz CT molecular complexity index is 47.1. The molecule has 98 valence electrons. The molecule has 0 saturated heterocycles. The molecular weight excluding hydrogens is 200 g/mol. The number of rotatable bonds is 4. The van der Waals surface area contributed by atoms with Crippen molar-refractivity contribution in [1.29, 1.82) is 0 Å². The average molecular weight is 228 g/mol. The van der Waals surface area contributed by atoms with E-state index in [9.17, 15) is 0 Å². The van der Waals surface area contributed by atoms with Gasteiger partial charge in [0.1, 0.15) is 0 Å². The molecule has 0 aliphatic rings. The van der Waals surface area contributed by atoms with Gasteiger partial charge >= 0.3 is 0 Å². The molecule has 0 heterocycles. The highest BCUT2D eigenvalue weighted by Crippen LogP contribution is 1.66. The zero-order valence-electron chi connectivity index (χ0n) is 10.4. The van der Waals surface area contributed by atoms with Gasteiger partial charge in [-0.05, 0) is 20.3 Å². The minimum atomic E-state index is 0.133. The quantitative estimate of drug-likeness (QED) is 0.509. The van der Waals surface area contributed by atoms with Crippen molar-refractivity contribution in [2.45, 2.75) is 27.2 Å². The summed E-state index contributed by atoms with van der Waals surface area (Å²) in [5.41, 5.74) is 0. The van der Waals surface area contributed by atoms with Gasteiger partial charge in [0, 0.05) is 26.9 Å². The summed E-state index contributed by atoms with van der Waals surface area (Å²) in [6.45, 7) is 7.38. The Morgan fingerprint density at radius 1 is 0.867 bits per heavy atom. The van der Waals surface area contributed by atoms with Crippen LogP contribution in [0.25, 0.3) is 0 Å². The summed E-state index contributed by atoms with van der Waals surface area (Å²) in [6, 6.07) is 0. The van der Waals surface area contributed by atoms with Crippen LogP contribution < -0.4 is 0 Å². The third kappa shape index (κ3) is 133. The van der Waals surface area contributed by atoms with E-state index < -0.39 is 0 Å². The van der Waals surface area contributed by atoms with Crippen molar-refractivity contribution >= 4 is 0 Å². The van der Waals surface area contributed by atoms with Gasteiger partial charge in [-0.3, -0.25) is 0 Å². The summed E-state index contributed by atoms with van der Waals surface area (Å²) in [5, 5.41) is 30.5. The molecule has 0 saturated carbocycles. The lowest BCUT2D eigenvalue weighted by atomic mass is 10.5. The number of ether oxygens (including phenoxy) is 1. The summed E-state index contributed by atoms with van der Waals surface area (Å²) in [7, 11) is 1.00. The van der Waals surface area contributed by atoms with Gasteiger partial charge in [0.25, 0.3) is 0 Å². The third-order valence-corrected chi connectivity index (χ3v) is 0.663. The number of hydrogen-bond acceptors (Lipinski definition) is 5. The van der Waals surface area contributed by atoms with Gasteiger partial charge in [0.15, 0.2) is 0 Å². The highest BCUT2D eigenvalue weighted by molar-refractivity contribution is 4.18. The SMILES string of the molecule is CCCO.CCO.CCOCCO.CO. The molecule has 0 bridgehead atoms. The van der Waals surface area contributed by atoms with Crippen molar-refractivity contribution in [3.8, 4) is 0 Å². The van der Waals surface area contributed by atoms with Crippen LogP contribution in [0.4, 0.5) is 0 Å². The molecule has 0 aliphatic heterocycles. The maximum atomic E-state index is 8.07. The van der Waals surface area contributed by atoms with Crippen LogP contribution in [0.15, 0.2) is 0 Å². The van der Waals surface area contributed by atoms with Crippen LogP contribution in [0.3, 0.4) is 0 Å². The molecule has 5 heteroatoms. The number of aliphatic hydroxyl groups excluding tert-OH is 4. The highest BCUT2D eigenvalue weighted by atomic mass is 16.5. The molecule has 5 nitrogen and oxygen atoms in total. The van der Waals surface area contributed by atoms with E-state index in [0.29, 0.717) is 19.8 Å². The predicted octanol–water partition coefficient (Wildman–Crippen LogP) is 0.0110. The smallest absolute Gasteiger partial charge is 0.0697 e. The molecule has 0 spiro atoms. The number of hydrogen-bond donors (Lipinski definition) is 4. The fourth-order valence-electron chi connectivity index (χ4n) is 0.209. The first-order valence-electron chi connectivity index (χ1n) is 5.09. The second kappa shape index (κ2) is 48.9. The lowest BCUT2D eigenvalue weighted by Gasteiger charge is -1.91. The molecule has 0 unspecified atom stereocenters. The van der Waals surface area contributed by atoms with Gasteiger partial charge in [-0.1, -0.05) is 6.92 Å². The Kier molecular flexibility index (Phi) is 78.8. The molecular formula is C10H28O5. The predicted molar refractivity (Wildman–Crippen MR) is 61.9 cm³/mol. The zero-order chi connectivity index (χ0) is 12.9. The Labute approximate surface area is 93.3 Å². The second-order valence-electron chi connectivity index (χ2n) is 1.96. The van der Waals surface area contributed by atoms with E-state index in [1.54, 1.807) is 6.92 Å². The summed E-state index contributed by atoms with van der Waals surface area (Å²) < 4.78 is 4.73. The molecule has 0 aromatic rings. The number of aliphatic hydroxyl groups is 4. The standard InChI is InChI=1S/C4H10O2.C3H8O.C2H6O.CH4O/c1-2-6-4-3-5;1-2-3-4;1-2-3;1-2/h5H,2-4H2,1H3;4H,2-3H2,1H3;3H,2H2,1H3;2H,1H3. The van der Waals surface area contributed by atoms with Crippen LogP contribution >= 0.6 is 0 Å². The lowest BCUT2D eigenvalue weighted by Crippen LogP contribution is -1.96. The molecule has 0 atom stereocenters. The molecule has 0 amide bonds. The Balaban J connectivity index is -0.0000000590. The maximum absolute atomic E-state index is 8.07. The van der Waals surface area contributed by atoms with Gasteiger partial charge < -0.3 is 25.2 Å². The Morgan fingerprint density at radius 3 is 1.27 bits per heavy atom. The van der Waals surface area contributed by atoms with Gasteiger partial charge in [-0.2, -0.15) is 0 Å². The minimum absolute atomic E-state index is 0.133. The zero-order valence-corrected chi connectivity index (χ0v) is 10.4. The van der Waals surface area contributed by atoms with Crippen molar-refractivity contribution in [2.75, 3.05) is 40.1 Å². The molecule has 0 radical (unpaired) electrons. The molecule has 0 rings (SSSR count). The summed E-state index contributed by atoms with van der Waals surface area (Å²) in [4.78, 5) is 0. The van der Waals surface area contributed by atoms with E-state index in [1.165, 1.54) is 0 Å². The van der Waals surface area contributed by atoms with Crippen LogP contribution in [0, 0.1) is 0 Å². The van der Waals surface area contributed by atoms with E-state index in [2.05, 4.69) is 0 Å². The first-order valence-corrected chi connectivity index (χ1v) is 5.09. The molecule has 0 aliphatic carbocycles. The van der Waals surface area contributed by atoms with E-state index in [1.807, 2.05) is 13.8 Å². The molecule has 0 aromatic heterocycles. The first-order chi connectivity index (χ1) is 7.24. The van der Waals surface area contributed by atoms with Crippen molar-refractivity contribution in [3.63, 3.8) is 0 Å². The normalized spacial score (nSPS) is 7.20. The minimum Gasteiger partial charge on any atom is -0.400 e. The van der Waals surface area contributed by atoms with Crippen LogP contribution in [0.1, 0.15) is 27.2 Å². The van der Waals surface area contributed by atoms with Crippen LogP contribution in [0.2, 0.25) is 0 Å². The summed E-state index contributed by atoms with van der Waals surface area (Å²) >= 11 is 0. The van der Waals surface area contributed by atoms with Gasteiger partial charge in [0.05, 0.1) is 13.2 Å². The largest absolute Gasteiger partial charge is 0.400 e. The summed E-state index contributed by atoms with van der Waals surface area (Å²) in [6.07, 6.45) is 0.875. The van der Waals surface area contributed by atoms with Crippen molar-refractivity contribution in [2.24, 2.45) is 0 Å². The van der Waals surface area contributed by atoms with E-state index in [0.717, 1.165) is 13.5 Å². The second-order valence-corrected chi connectivity index (χ2v) is 1.96. The fourth-order valence-corrected chi connectivity index (χ4v) is 0.209. The van der Waals surface area contributed by atoms with E-state index >= 15 is 0 Å². The lowest BCUT2D eigenvalue weighted by molar-refractivity contribution is 0.102. The first kappa shape index (κ1) is 24.2. The molecule has 15 heavy (non-hydrogen) atoms. The summed E-state index contributed by atoms with van der Waals surface area (Å²) in [5.74, 6) is 0. The topological polar surface area (TPSA) is 90.2 Å². The molecule has 0 fully saturated rings. The fraction of sp³-hybridized carbons (Fsp3) is 1.00. The third-order valence-electron chi connectivity index (χ3n) is 0.663. The van der Waals surface area contributed by atoms with Crippen LogP contribution in [0.5, 0.6) is 0 Å². The highest BCUT2D eigenvalue weighted by Gasteiger charge is 1.73. The van der Waals surface area contributed by atoms with E-state index in [4.69, 9.17) is 25.2 Å². The van der Waals surface area contributed by atoms with Crippen molar-refractivity contribution in [3.05, 3.63) is 0 Å².